The van der Waals surface area contributed by atoms with E-state index in [-0.39, 0.29) is 18.5 Å². The van der Waals surface area contributed by atoms with Crippen LogP contribution in [0.25, 0.3) is 0 Å². The first-order valence-electron chi connectivity index (χ1n) is 6.10. The van der Waals surface area contributed by atoms with Crippen LogP contribution in [0.5, 0.6) is 0 Å². The summed E-state index contributed by atoms with van der Waals surface area (Å²) in [6, 6.07) is 4.09. The highest BCUT2D eigenvalue weighted by Crippen LogP contribution is 2.32. The van der Waals surface area contributed by atoms with Gasteiger partial charge in [-0.15, -0.1) is 0 Å². The van der Waals surface area contributed by atoms with E-state index in [1.54, 1.807) is 0 Å². The van der Waals surface area contributed by atoms with Crippen molar-refractivity contribution in [3.63, 3.8) is 0 Å². The average Bonchev–Trinajstić information content (AvgIpc) is 2.37. The van der Waals surface area contributed by atoms with E-state index in [1.165, 1.54) is 13.0 Å². The van der Waals surface area contributed by atoms with Crippen molar-refractivity contribution < 1.29 is 22.8 Å². The summed E-state index contributed by atoms with van der Waals surface area (Å²) in [6.07, 6.45) is -4.63. The Bertz CT molecular complexity index is 546. The SMILES string of the molecule is CC(NC(=O)CCN)(C(N)=O)c1cccc(C(F)(F)F)c1. The Morgan fingerprint density at radius 1 is 1.24 bits per heavy atom. The van der Waals surface area contributed by atoms with Crippen molar-refractivity contribution in [1.82, 2.24) is 5.32 Å². The minimum Gasteiger partial charge on any atom is -0.367 e. The number of amides is 2. The molecule has 0 heterocycles. The summed E-state index contributed by atoms with van der Waals surface area (Å²) in [7, 11) is 0. The van der Waals surface area contributed by atoms with Gasteiger partial charge in [-0.3, -0.25) is 9.59 Å². The number of nitrogens with one attached hydrogen (secondary N) is 1. The van der Waals surface area contributed by atoms with E-state index in [0.29, 0.717) is 0 Å². The molecule has 0 aliphatic rings. The molecule has 5 N–H and O–H groups in total. The Balaban J connectivity index is 3.23. The third-order valence-corrected chi connectivity index (χ3v) is 3.02. The van der Waals surface area contributed by atoms with Gasteiger partial charge in [0, 0.05) is 13.0 Å². The topological polar surface area (TPSA) is 98.2 Å². The van der Waals surface area contributed by atoms with Crippen molar-refractivity contribution in [2.75, 3.05) is 6.54 Å². The van der Waals surface area contributed by atoms with Gasteiger partial charge >= 0.3 is 6.18 Å². The van der Waals surface area contributed by atoms with Crippen LogP contribution in [-0.2, 0) is 21.3 Å². The molecule has 8 heteroatoms. The van der Waals surface area contributed by atoms with Gasteiger partial charge in [-0.05, 0) is 24.6 Å². The number of nitrogens with two attached hydrogens (primary N) is 2. The zero-order chi connectivity index (χ0) is 16.3. The molecule has 116 valence electrons. The molecule has 0 aliphatic carbocycles. The zero-order valence-electron chi connectivity index (χ0n) is 11.3. The van der Waals surface area contributed by atoms with E-state index >= 15 is 0 Å². The van der Waals surface area contributed by atoms with E-state index in [2.05, 4.69) is 5.32 Å². The van der Waals surface area contributed by atoms with Crippen molar-refractivity contribution in [3.8, 4) is 0 Å². The fourth-order valence-corrected chi connectivity index (χ4v) is 1.75. The van der Waals surface area contributed by atoms with Crippen molar-refractivity contribution >= 4 is 11.8 Å². The molecule has 0 spiro atoms. The second-order valence-electron chi connectivity index (χ2n) is 4.65. The number of halogens is 3. The molecule has 1 unspecified atom stereocenters. The highest BCUT2D eigenvalue weighted by molar-refractivity contribution is 5.91. The minimum absolute atomic E-state index is 0.0449. The lowest BCUT2D eigenvalue weighted by molar-refractivity contribution is -0.138. The van der Waals surface area contributed by atoms with Crippen LogP contribution in [0.3, 0.4) is 0 Å². The van der Waals surface area contributed by atoms with E-state index in [9.17, 15) is 22.8 Å². The van der Waals surface area contributed by atoms with E-state index in [1.807, 2.05) is 0 Å². The molecule has 21 heavy (non-hydrogen) atoms. The summed E-state index contributed by atoms with van der Waals surface area (Å²) in [5.74, 6) is -1.54. The fraction of sp³-hybridized carbons (Fsp3) is 0.385. The van der Waals surface area contributed by atoms with E-state index in [0.717, 1.165) is 18.2 Å². The first-order chi connectivity index (χ1) is 9.61. The molecular formula is C13H16F3N3O2. The lowest BCUT2D eigenvalue weighted by Gasteiger charge is -2.28. The summed E-state index contributed by atoms with van der Waals surface area (Å²) in [5, 5.41) is 2.33. The van der Waals surface area contributed by atoms with Crippen molar-refractivity contribution in [1.29, 1.82) is 0 Å². The predicted molar refractivity (Wildman–Crippen MR) is 69.8 cm³/mol. The Labute approximate surface area is 119 Å². The van der Waals surface area contributed by atoms with Crippen LogP contribution in [0.1, 0.15) is 24.5 Å². The normalized spacial score (nSPS) is 14.3. The van der Waals surface area contributed by atoms with Gasteiger partial charge in [-0.25, -0.2) is 0 Å². The second-order valence-corrected chi connectivity index (χ2v) is 4.65. The summed E-state index contributed by atoms with van der Waals surface area (Å²) in [5.41, 5.74) is 7.74. The third-order valence-electron chi connectivity index (χ3n) is 3.02. The van der Waals surface area contributed by atoms with Crippen LogP contribution in [0, 0.1) is 0 Å². The van der Waals surface area contributed by atoms with Gasteiger partial charge in [0.2, 0.25) is 11.8 Å². The molecule has 1 rings (SSSR count). The molecule has 0 saturated carbocycles. The van der Waals surface area contributed by atoms with Crippen molar-refractivity contribution in [2.45, 2.75) is 25.1 Å². The van der Waals surface area contributed by atoms with Crippen LogP contribution in [-0.4, -0.2) is 18.4 Å². The number of rotatable bonds is 5. The Kier molecular flexibility index (Phi) is 4.95. The number of benzene rings is 1. The summed E-state index contributed by atoms with van der Waals surface area (Å²) < 4.78 is 38.2. The van der Waals surface area contributed by atoms with Crippen LogP contribution in [0.2, 0.25) is 0 Å². The Morgan fingerprint density at radius 2 is 1.81 bits per heavy atom. The van der Waals surface area contributed by atoms with Crippen molar-refractivity contribution in [3.05, 3.63) is 35.4 Å². The van der Waals surface area contributed by atoms with E-state index < -0.39 is 29.1 Å². The van der Waals surface area contributed by atoms with Crippen molar-refractivity contribution in [2.24, 2.45) is 11.5 Å². The number of carbonyl (C=O) groups excluding carboxylic acids is 2. The van der Waals surface area contributed by atoms with Crippen LogP contribution >= 0.6 is 0 Å². The molecule has 2 amide bonds. The van der Waals surface area contributed by atoms with Gasteiger partial charge in [-0.1, -0.05) is 12.1 Å². The molecule has 1 atom stereocenters. The first kappa shape index (κ1) is 17.0. The number of primary amides is 1. The quantitative estimate of drug-likeness (QED) is 0.752. The van der Waals surface area contributed by atoms with Crippen LogP contribution in [0.4, 0.5) is 13.2 Å². The molecule has 0 radical (unpaired) electrons. The number of hydrogen-bond donors (Lipinski definition) is 3. The second kappa shape index (κ2) is 6.13. The molecule has 0 saturated heterocycles. The van der Waals surface area contributed by atoms with Crippen LogP contribution < -0.4 is 16.8 Å². The van der Waals surface area contributed by atoms with Gasteiger partial charge in [0.15, 0.2) is 0 Å². The standard InChI is InChI=1S/C13H16F3N3O2/c1-12(11(18)21,19-10(20)5-6-17)8-3-2-4-9(7-8)13(14,15)16/h2-4,7H,5-6,17H2,1H3,(H2,18,21)(H,19,20). The lowest BCUT2D eigenvalue weighted by Crippen LogP contribution is -2.53. The highest BCUT2D eigenvalue weighted by Gasteiger charge is 2.37. The number of carbonyl (C=O) groups is 2. The summed E-state index contributed by atoms with van der Waals surface area (Å²) in [4.78, 5) is 23.2. The average molecular weight is 303 g/mol. The highest BCUT2D eigenvalue weighted by atomic mass is 19.4. The van der Waals surface area contributed by atoms with Gasteiger partial charge in [0.1, 0.15) is 5.54 Å². The molecule has 0 aliphatic heterocycles. The smallest absolute Gasteiger partial charge is 0.367 e. The first-order valence-corrected chi connectivity index (χ1v) is 6.10. The maximum atomic E-state index is 12.7. The van der Waals surface area contributed by atoms with Gasteiger partial charge in [-0.2, -0.15) is 13.2 Å². The zero-order valence-corrected chi connectivity index (χ0v) is 11.3. The number of alkyl halides is 3. The third kappa shape index (κ3) is 3.94. The fourth-order valence-electron chi connectivity index (χ4n) is 1.75. The maximum absolute atomic E-state index is 12.7. The Hall–Kier alpha value is -2.09. The maximum Gasteiger partial charge on any atom is 0.416 e. The predicted octanol–water partition coefficient (Wildman–Crippen LogP) is 0.871. The Morgan fingerprint density at radius 3 is 2.29 bits per heavy atom. The lowest BCUT2D eigenvalue weighted by atomic mass is 9.89. The van der Waals surface area contributed by atoms with Crippen LogP contribution in [0.15, 0.2) is 24.3 Å². The number of hydrogen-bond acceptors (Lipinski definition) is 3. The van der Waals surface area contributed by atoms with Gasteiger partial charge in [0.25, 0.3) is 0 Å². The summed E-state index contributed by atoms with van der Waals surface area (Å²) >= 11 is 0. The van der Waals surface area contributed by atoms with E-state index in [4.69, 9.17) is 11.5 Å². The molecule has 0 fully saturated rings. The van der Waals surface area contributed by atoms with Gasteiger partial charge in [0.05, 0.1) is 5.56 Å². The molecular weight excluding hydrogens is 287 g/mol. The summed E-state index contributed by atoms with van der Waals surface area (Å²) in [6.45, 7) is 1.29. The molecule has 1 aromatic rings. The molecule has 0 bridgehead atoms. The molecule has 0 aromatic heterocycles. The largest absolute Gasteiger partial charge is 0.416 e. The molecule has 1 aromatic carbocycles. The minimum atomic E-state index is -4.56. The monoisotopic (exact) mass is 303 g/mol. The molecule has 5 nitrogen and oxygen atoms in total. The van der Waals surface area contributed by atoms with Gasteiger partial charge < -0.3 is 16.8 Å².